The van der Waals surface area contributed by atoms with Gasteiger partial charge in [0.05, 0.1) is 5.02 Å². The van der Waals surface area contributed by atoms with E-state index in [1.807, 2.05) is 68.4 Å². The molecule has 8 heteroatoms. The number of halogens is 3. The lowest BCUT2D eigenvalue weighted by Gasteiger charge is -2.31. The van der Waals surface area contributed by atoms with Crippen LogP contribution >= 0.6 is 39.1 Å². The van der Waals surface area contributed by atoms with Gasteiger partial charge in [0, 0.05) is 29.0 Å². The maximum atomic E-state index is 13.6. The van der Waals surface area contributed by atoms with Crippen LogP contribution < -0.4 is 10.1 Å². The van der Waals surface area contributed by atoms with Crippen LogP contribution in [0.15, 0.2) is 77.3 Å². The Labute approximate surface area is 230 Å². The zero-order chi connectivity index (χ0) is 26.1. The number of hydrogen-bond acceptors (Lipinski definition) is 3. The molecule has 0 aliphatic carbocycles. The highest BCUT2D eigenvalue weighted by molar-refractivity contribution is 9.10. The Balaban J connectivity index is 1.91. The van der Waals surface area contributed by atoms with Gasteiger partial charge in [0.15, 0.2) is 6.61 Å². The van der Waals surface area contributed by atoms with E-state index in [2.05, 4.69) is 21.2 Å². The number of carbonyl (C=O) groups is 2. The zero-order valence-corrected chi connectivity index (χ0v) is 23.3. The Hall–Kier alpha value is -2.54. The van der Waals surface area contributed by atoms with E-state index in [4.69, 9.17) is 27.9 Å². The molecule has 3 aromatic carbocycles. The van der Waals surface area contributed by atoms with Gasteiger partial charge in [-0.1, -0.05) is 95.4 Å². The standard InChI is InChI=1S/C28H29BrCl2N2O3/c1-19(2)16-32-28(35)25(14-20-7-4-3-5-8-20)33(17-21-9-6-10-22(29)13-21)27(34)18-36-26-12-11-23(30)15-24(26)31/h3-13,15,19,25H,14,16-18H2,1-2H3,(H,32,35)/t25-/m0/s1. The predicted molar refractivity (Wildman–Crippen MR) is 148 cm³/mol. The van der Waals surface area contributed by atoms with Crippen molar-refractivity contribution in [3.8, 4) is 5.75 Å². The van der Waals surface area contributed by atoms with Gasteiger partial charge in [-0.25, -0.2) is 0 Å². The van der Waals surface area contributed by atoms with E-state index in [1.54, 1.807) is 23.1 Å². The predicted octanol–water partition coefficient (Wildman–Crippen LogP) is 6.55. The van der Waals surface area contributed by atoms with E-state index in [1.165, 1.54) is 0 Å². The number of rotatable bonds is 11. The van der Waals surface area contributed by atoms with Crippen molar-refractivity contribution in [3.63, 3.8) is 0 Å². The first kappa shape index (κ1) is 28.0. The second-order valence-corrected chi connectivity index (χ2v) is 10.6. The molecule has 1 N–H and O–H groups in total. The van der Waals surface area contributed by atoms with E-state index in [-0.39, 0.29) is 30.9 Å². The smallest absolute Gasteiger partial charge is 0.261 e. The van der Waals surface area contributed by atoms with Crippen molar-refractivity contribution in [2.45, 2.75) is 32.9 Å². The first-order chi connectivity index (χ1) is 17.2. The normalized spacial score (nSPS) is 11.7. The van der Waals surface area contributed by atoms with Gasteiger partial charge in [0.1, 0.15) is 11.8 Å². The Morgan fingerprint density at radius 3 is 2.36 bits per heavy atom. The monoisotopic (exact) mass is 590 g/mol. The quantitative estimate of drug-likeness (QED) is 0.275. The van der Waals surface area contributed by atoms with Gasteiger partial charge in [-0.3, -0.25) is 9.59 Å². The summed E-state index contributed by atoms with van der Waals surface area (Å²) in [6, 6.07) is 21.4. The second-order valence-electron chi connectivity index (χ2n) is 8.86. The number of benzene rings is 3. The molecule has 0 spiro atoms. The fourth-order valence-corrected chi connectivity index (χ4v) is 4.53. The van der Waals surface area contributed by atoms with E-state index in [9.17, 15) is 9.59 Å². The number of ether oxygens (including phenoxy) is 1. The van der Waals surface area contributed by atoms with Gasteiger partial charge < -0.3 is 15.0 Å². The van der Waals surface area contributed by atoms with Crippen molar-refractivity contribution >= 4 is 50.9 Å². The average Bonchev–Trinajstić information content (AvgIpc) is 2.84. The SMILES string of the molecule is CC(C)CNC(=O)[C@H](Cc1ccccc1)N(Cc1cccc(Br)c1)C(=O)COc1ccc(Cl)cc1Cl. The number of hydrogen-bond donors (Lipinski definition) is 1. The summed E-state index contributed by atoms with van der Waals surface area (Å²) < 4.78 is 6.64. The number of carbonyl (C=O) groups excluding carboxylic acids is 2. The highest BCUT2D eigenvalue weighted by Gasteiger charge is 2.31. The maximum absolute atomic E-state index is 13.6. The van der Waals surface area contributed by atoms with Crippen LogP contribution in [0, 0.1) is 5.92 Å². The lowest BCUT2D eigenvalue weighted by Crippen LogP contribution is -2.52. The highest BCUT2D eigenvalue weighted by Crippen LogP contribution is 2.27. The molecule has 0 radical (unpaired) electrons. The van der Waals surface area contributed by atoms with Gasteiger partial charge in [-0.2, -0.15) is 0 Å². The molecule has 0 saturated heterocycles. The highest BCUT2D eigenvalue weighted by atomic mass is 79.9. The van der Waals surface area contributed by atoms with Crippen molar-refractivity contribution in [2.24, 2.45) is 5.92 Å². The molecule has 0 aromatic heterocycles. The van der Waals surface area contributed by atoms with Gasteiger partial charge >= 0.3 is 0 Å². The molecule has 190 valence electrons. The molecular formula is C28H29BrCl2N2O3. The van der Waals surface area contributed by atoms with Crippen molar-refractivity contribution < 1.29 is 14.3 Å². The molecule has 0 fully saturated rings. The summed E-state index contributed by atoms with van der Waals surface area (Å²) in [7, 11) is 0. The Bertz CT molecular complexity index is 1170. The van der Waals surface area contributed by atoms with Crippen molar-refractivity contribution in [2.75, 3.05) is 13.2 Å². The fourth-order valence-electron chi connectivity index (χ4n) is 3.62. The molecule has 2 amide bonds. The first-order valence-electron chi connectivity index (χ1n) is 11.7. The molecule has 36 heavy (non-hydrogen) atoms. The average molecular weight is 592 g/mol. The van der Waals surface area contributed by atoms with Crippen molar-refractivity contribution in [3.05, 3.63) is 98.4 Å². The Kier molecular flexibility index (Phi) is 10.7. The molecule has 5 nitrogen and oxygen atoms in total. The first-order valence-corrected chi connectivity index (χ1v) is 13.2. The van der Waals surface area contributed by atoms with Crippen molar-refractivity contribution in [1.29, 1.82) is 0 Å². The van der Waals surface area contributed by atoms with Crippen LogP contribution in [-0.4, -0.2) is 35.9 Å². The molecule has 0 aliphatic heterocycles. The molecule has 0 saturated carbocycles. The van der Waals surface area contributed by atoms with Crippen LogP contribution in [0.5, 0.6) is 5.75 Å². The van der Waals surface area contributed by atoms with E-state index < -0.39 is 6.04 Å². The van der Waals surface area contributed by atoms with Crippen molar-refractivity contribution in [1.82, 2.24) is 10.2 Å². The van der Waals surface area contributed by atoms with Gasteiger partial charge in [0.25, 0.3) is 5.91 Å². The molecule has 0 unspecified atom stereocenters. The summed E-state index contributed by atoms with van der Waals surface area (Å²) in [5.41, 5.74) is 1.84. The summed E-state index contributed by atoms with van der Waals surface area (Å²) in [4.78, 5) is 28.6. The summed E-state index contributed by atoms with van der Waals surface area (Å²) in [5, 5.41) is 3.79. The molecule has 0 heterocycles. The molecule has 1 atom stereocenters. The lowest BCUT2D eigenvalue weighted by molar-refractivity contribution is -0.142. The van der Waals surface area contributed by atoms with Crippen LogP contribution in [0.3, 0.4) is 0 Å². The van der Waals surface area contributed by atoms with Crippen LogP contribution in [0.2, 0.25) is 10.0 Å². The third kappa shape index (κ3) is 8.54. The molecule has 0 bridgehead atoms. The molecule has 3 aromatic rings. The van der Waals surface area contributed by atoms with Crippen LogP contribution in [-0.2, 0) is 22.6 Å². The minimum atomic E-state index is -0.734. The van der Waals surface area contributed by atoms with Gasteiger partial charge in [0.2, 0.25) is 5.91 Å². The van der Waals surface area contributed by atoms with Crippen LogP contribution in [0.25, 0.3) is 0 Å². The zero-order valence-electron chi connectivity index (χ0n) is 20.2. The Morgan fingerprint density at radius 1 is 0.972 bits per heavy atom. The summed E-state index contributed by atoms with van der Waals surface area (Å²) >= 11 is 15.7. The topological polar surface area (TPSA) is 58.6 Å². The number of nitrogens with one attached hydrogen (secondary N) is 1. The maximum Gasteiger partial charge on any atom is 0.261 e. The third-order valence-corrected chi connectivity index (χ3v) is 6.47. The number of amides is 2. The lowest BCUT2D eigenvalue weighted by atomic mass is 10.0. The fraction of sp³-hybridized carbons (Fsp3) is 0.286. The minimum absolute atomic E-state index is 0.208. The molecular weight excluding hydrogens is 563 g/mol. The second kappa shape index (κ2) is 13.7. The van der Waals surface area contributed by atoms with E-state index in [0.29, 0.717) is 28.8 Å². The molecule has 0 aliphatic rings. The van der Waals surface area contributed by atoms with E-state index >= 15 is 0 Å². The minimum Gasteiger partial charge on any atom is -0.482 e. The number of nitrogens with zero attached hydrogens (tertiary/aromatic N) is 1. The van der Waals surface area contributed by atoms with Crippen LogP contribution in [0.1, 0.15) is 25.0 Å². The van der Waals surface area contributed by atoms with Crippen LogP contribution in [0.4, 0.5) is 0 Å². The molecule has 3 rings (SSSR count). The summed E-state index contributed by atoms with van der Waals surface area (Å²) in [6.45, 7) is 4.53. The largest absolute Gasteiger partial charge is 0.482 e. The summed E-state index contributed by atoms with van der Waals surface area (Å²) in [6.07, 6.45) is 0.367. The van der Waals surface area contributed by atoms with Gasteiger partial charge in [-0.05, 0) is 47.4 Å². The Morgan fingerprint density at radius 2 is 1.69 bits per heavy atom. The van der Waals surface area contributed by atoms with Gasteiger partial charge in [-0.15, -0.1) is 0 Å². The third-order valence-electron chi connectivity index (χ3n) is 5.44. The van der Waals surface area contributed by atoms with E-state index in [0.717, 1.165) is 15.6 Å². The summed E-state index contributed by atoms with van der Waals surface area (Å²) in [5.74, 6) is 0.0821.